The highest BCUT2D eigenvalue weighted by molar-refractivity contribution is 6.03. The minimum absolute atomic E-state index is 0.0293. The summed E-state index contributed by atoms with van der Waals surface area (Å²) in [6.45, 7) is 23.2. The summed E-state index contributed by atoms with van der Waals surface area (Å²) in [7, 11) is 0. The molecule has 1 aromatic heterocycles. The number of fused-ring (bicyclic) bond motifs is 7. The molecule has 0 bridgehead atoms. The number of aromatic nitrogens is 1. The highest BCUT2D eigenvalue weighted by Gasteiger charge is 2.70. The van der Waals surface area contributed by atoms with Crippen LogP contribution in [0.15, 0.2) is 45.1 Å². The van der Waals surface area contributed by atoms with Crippen molar-refractivity contribution in [1.29, 1.82) is 0 Å². The van der Waals surface area contributed by atoms with Crippen LogP contribution in [0.3, 0.4) is 0 Å². The summed E-state index contributed by atoms with van der Waals surface area (Å²) in [5, 5.41) is 0. The Kier molecular flexibility index (Phi) is 5.27. The van der Waals surface area contributed by atoms with Crippen LogP contribution in [-0.4, -0.2) is 16.1 Å². The number of hydrogen-bond donors (Lipinski definition) is 0. The second-order valence-corrected chi connectivity index (χ2v) is 15.4. The van der Waals surface area contributed by atoms with E-state index in [9.17, 15) is 14.4 Å². The number of Topliss-reactive ketones (excluding diaryl/α,β-unsaturated/α-hetero) is 1. The van der Waals surface area contributed by atoms with E-state index in [-0.39, 0.29) is 57.0 Å². The maximum atomic E-state index is 14.6. The van der Waals surface area contributed by atoms with Crippen LogP contribution in [0.5, 0.6) is 0 Å². The first-order chi connectivity index (χ1) is 18.1. The smallest absolute Gasteiger partial charge is 0.416 e. The summed E-state index contributed by atoms with van der Waals surface area (Å²) in [5.41, 5.74) is -0.770. The van der Waals surface area contributed by atoms with Gasteiger partial charge in [0.2, 0.25) is 5.70 Å². The minimum atomic E-state index is -0.663. The van der Waals surface area contributed by atoms with E-state index in [0.29, 0.717) is 0 Å². The molecule has 5 aliphatic rings. The van der Waals surface area contributed by atoms with E-state index in [4.69, 9.17) is 11.0 Å². The molecule has 0 N–H and O–H groups in total. The number of allylic oxidation sites excluding steroid dienone is 4. The molecule has 6 nitrogen and oxygen atoms in total. The van der Waals surface area contributed by atoms with E-state index in [1.807, 2.05) is 30.6 Å². The normalized spacial score (nSPS) is 44.1. The number of nitrogens with zero attached hydrogens (tertiary/aromatic N) is 2. The van der Waals surface area contributed by atoms with Crippen molar-refractivity contribution in [2.24, 2.45) is 44.8 Å². The van der Waals surface area contributed by atoms with Crippen molar-refractivity contribution < 1.29 is 14.0 Å². The summed E-state index contributed by atoms with van der Waals surface area (Å²) >= 11 is 0. The van der Waals surface area contributed by atoms with Crippen molar-refractivity contribution in [3.05, 3.63) is 57.8 Å². The zero-order valence-electron chi connectivity index (χ0n) is 24.5. The second kappa shape index (κ2) is 7.74. The summed E-state index contributed by atoms with van der Waals surface area (Å²) in [6.07, 6.45) is 13.3. The number of carbonyl (C=O) groups excluding carboxylic acids is 2. The zero-order chi connectivity index (χ0) is 28.4. The lowest BCUT2D eigenvalue weighted by Gasteiger charge is -2.69. The van der Waals surface area contributed by atoms with E-state index in [0.717, 1.165) is 50.5 Å². The fraction of sp³-hybridized carbons (Fsp3) is 0.697. The molecule has 0 saturated heterocycles. The quantitative estimate of drug-likeness (QED) is 0.378. The molecule has 7 atom stereocenters. The van der Waals surface area contributed by atoms with E-state index < -0.39 is 16.4 Å². The van der Waals surface area contributed by atoms with Crippen LogP contribution >= 0.6 is 0 Å². The van der Waals surface area contributed by atoms with Crippen LogP contribution in [-0.2, 0) is 15.1 Å². The summed E-state index contributed by atoms with van der Waals surface area (Å²) < 4.78 is 7.10. The van der Waals surface area contributed by atoms with Gasteiger partial charge >= 0.3 is 5.76 Å². The van der Waals surface area contributed by atoms with Crippen LogP contribution in [0.1, 0.15) is 93.4 Å². The average molecular weight is 531 g/mol. The van der Waals surface area contributed by atoms with Gasteiger partial charge < -0.3 is 9.21 Å². The topological polar surface area (TPSA) is 73.6 Å². The van der Waals surface area contributed by atoms with Gasteiger partial charge in [-0.05, 0) is 79.1 Å². The first-order valence-corrected chi connectivity index (χ1v) is 14.7. The monoisotopic (exact) mass is 530 g/mol. The highest BCUT2D eigenvalue weighted by Crippen LogP contribution is 2.74. The number of ketones is 2. The molecule has 0 unspecified atom stereocenters. The molecule has 0 spiro atoms. The molecule has 0 radical (unpaired) electrons. The molecular formula is C33H42N2O4. The molecular weight excluding hydrogens is 488 g/mol. The SMILES string of the molecule is [C-]#[N+]C1=C[C@]2(C)C3=CC(=O)[C@@H]4[C@@H]5CC(C)(C)CC[C@]5(n5ccoc5=O)CC[C@@]4(C)[C@]3(C)CC[C@H]2C(C)(C)C1=O. The van der Waals surface area contributed by atoms with Crippen molar-refractivity contribution in [2.75, 3.05) is 0 Å². The minimum Gasteiger partial charge on any atom is -0.416 e. The lowest BCUT2D eigenvalue weighted by Crippen LogP contribution is -2.67. The Labute approximate surface area is 231 Å². The Morgan fingerprint density at radius 3 is 2.31 bits per heavy atom. The standard InChI is InChI=1S/C33H42N2O4/c1-28(2)11-13-33(35-15-16-39-27(35)38)14-12-32(7)25(20(33)18-28)22(36)17-24-30(5)19-21(34-8)26(37)29(3,4)23(30)9-10-31(24,32)6/h15-17,19-20,23,25H,9-14,18H2,1-7H3/t20-,23-,25-,30-,31+,32+,33-/m0/s1. The maximum Gasteiger partial charge on any atom is 0.419 e. The lowest BCUT2D eigenvalue weighted by molar-refractivity contribution is -0.168. The molecule has 1 heterocycles. The predicted octanol–water partition coefficient (Wildman–Crippen LogP) is 6.72. The average Bonchev–Trinajstić information content (AvgIpc) is 3.29. The molecule has 0 amide bonds. The van der Waals surface area contributed by atoms with Gasteiger partial charge in [-0.1, -0.05) is 60.1 Å². The third kappa shape index (κ3) is 3.11. The van der Waals surface area contributed by atoms with Gasteiger partial charge in [-0.2, -0.15) is 0 Å². The van der Waals surface area contributed by atoms with Gasteiger partial charge in [0.05, 0.1) is 12.1 Å². The van der Waals surface area contributed by atoms with Crippen molar-refractivity contribution in [3.63, 3.8) is 0 Å². The molecule has 39 heavy (non-hydrogen) atoms. The van der Waals surface area contributed by atoms with E-state index >= 15 is 0 Å². The Morgan fingerprint density at radius 2 is 1.67 bits per heavy atom. The molecule has 5 aliphatic carbocycles. The summed E-state index contributed by atoms with van der Waals surface area (Å²) in [6, 6.07) is 0. The van der Waals surface area contributed by atoms with E-state index in [1.54, 1.807) is 6.20 Å². The molecule has 1 aromatic rings. The van der Waals surface area contributed by atoms with Gasteiger partial charge in [-0.15, -0.1) is 0 Å². The highest BCUT2D eigenvalue weighted by atomic mass is 16.4. The number of hydrogen-bond acceptors (Lipinski definition) is 4. The summed E-state index contributed by atoms with van der Waals surface area (Å²) in [5.74, 6) is -0.384. The molecule has 208 valence electrons. The maximum absolute atomic E-state index is 14.6. The predicted molar refractivity (Wildman–Crippen MR) is 148 cm³/mol. The van der Waals surface area contributed by atoms with Crippen LogP contribution in [0.2, 0.25) is 0 Å². The van der Waals surface area contributed by atoms with Gasteiger partial charge in [-0.25, -0.2) is 9.64 Å². The fourth-order valence-electron chi connectivity index (χ4n) is 10.6. The summed E-state index contributed by atoms with van der Waals surface area (Å²) in [4.78, 5) is 44.4. The molecule has 0 aromatic carbocycles. The van der Waals surface area contributed by atoms with Crippen LogP contribution < -0.4 is 5.76 Å². The van der Waals surface area contributed by atoms with Crippen molar-refractivity contribution >= 4 is 11.6 Å². The number of oxazole rings is 1. The zero-order valence-corrected chi connectivity index (χ0v) is 24.5. The van der Waals surface area contributed by atoms with Gasteiger partial charge in [0.1, 0.15) is 6.26 Å². The van der Waals surface area contributed by atoms with Crippen molar-refractivity contribution in [1.82, 2.24) is 4.57 Å². The molecule has 3 fully saturated rings. The third-order valence-corrected chi connectivity index (χ3v) is 12.9. The van der Waals surface area contributed by atoms with Gasteiger partial charge in [-0.3, -0.25) is 9.36 Å². The van der Waals surface area contributed by atoms with Crippen LogP contribution in [0.4, 0.5) is 0 Å². The van der Waals surface area contributed by atoms with Crippen molar-refractivity contribution in [3.8, 4) is 0 Å². The van der Waals surface area contributed by atoms with Crippen LogP contribution in [0, 0.1) is 51.4 Å². The molecule has 3 saturated carbocycles. The Balaban J connectivity index is 1.55. The molecule has 6 rings (SSSR count). The number of carbonyl (C=O) groups is 2. The van der Waals surface area contributed by atoms with Crippen molar-refractivity contribution in [2.45, 2.75) is 99.0 Å². The first-order valence-electron chi connectivity index (χ1n) is 14.7. The van der Waals surface area contributed by atoms with Gasteiger partial charge in [0.25, 0.3) is 0 Å². The molecule has 0 aliphatic heterocycles. The Hall–Kier alpha value is -2.68. The lowest BCUT2D eigenvalue weighted by atomic mass is 9.35. The van der Waals surface area contributed by atoms with Gasteiger partial charge in [0.15, 0.2) is 11.6 Å². The van der Waals surface area contributed by atoms with Gasteiger partial charge in [0, 0.05) is 22.9 Å². The van der Waals surface area contributed by atoms with E-state index in [2.05, 4.69) is 39.5 Å². The fourth-order valence-corrected chi connectivity index (χ4v) is 10.6. The van der Waals surface area contributed by atoms with Crippen LogP contribution in [0.25, 0.3) is 4.85 Å². The Bertz CT molecular complexity index is 1450. The van der Waals surface area contributed by atoms with E-state index in [1.165, 1.54) is 6.26 Å². The molecule has 6 heteroatoms. The third-order valence-electron chi connectivity index (χ3n) is 12.9. The first kappa shape index (κ1) is 26.5. The number of rotatable bonds is 1. The Morgan fingerprint density at radius 1 is 0.974 bits per heavy atom. The largest absolute Gasteiger partial charge is 0.419 e. The second-order valence-electron chi connectivity index (χ2n) is 15.4.